The van der Waals surface area contributed by atoms with Crippen LogP contribution in [0.4, 0.5) is 0 Å². The number of halogens is 1. The first-order chi connectivity index (χ1) is 12.0. The van der Waals surface area contributed by atoms with Gasteiger partial charge in [-0.05, 0) is 55.7 Å². The van der Waals surface area contributed by atoms with E-state index in [4.69, 9.17) is 9.72 Å². The summed E-state index contributed by atoms with van der Waals surface area (Å²) < 4.78 is 8.25. The van der Waals surface area contributed by atoms with Gasteiger partial charge < -0.3 is 4.74 Å². The van der Waals surface area contributed by atoms with E-state index in [1.807, 2.05) is 32.0 Å². The van der Waals surface area contributed by atoms with Crippen molar-refractivity contribution < 1.29 is 4.74 Å². The molecule has 0 bridgehead atoms. The van der Waals surface area contributed by atoms with Crippen LogP contribution in [0.15, 0.2) is 27.5 Å². The number of aromatic nitrogens is 2. The summed E-state index contributed by atoms with van der Waals surface area (Å²) in [6.07, 6.45) is 2.88. The lowest BCUT2D eigenvalue weighted by molar-refractivity contribution is 0.414. The van der Waals surface area contributed by atoms with Crippen molar-refractivity contribution in [2.24, 2.45) is 0 Å². The van der Waals surface area contributed by atoms with Crippen molar-refractivity contribution in [2.45, 2.75) is 26.8 Å². The first-order valence-electron chi connectivity index (χ1n) is 8.04. The molecule has 0 atom stereocenters. The number of ether oxygens (including phenoxy) is 1. The van der Waals surface area contributed by atoms with Crippen LogP contribution in [-0.4, -0.2) is 16.7 Å². The van der Waals surface area contributed by atoms with Gasteiger partial charge in [-0.2, -0.15) is 0 Å². The molecule has 0 unspecified atom stereocenters. The molecule has 3 heterocycles. The molecule has 1 aliphatic heterocycles. The first kappa shape index (κ1) is 16.5. The zero-order valence-corrected chi connectivity index (χ0v) is 16.6. The van der Waals surface area contributed by atoms with Gasteiger partial charge in [-0.25, -0.2) is 4.98 Å². The van der Waals surface area contributed by atoms with Crippen LogP contribution in [0, 0.1) is 13.8 Å². The van der Waals surface area contributed by atoms with E-state index in [-0.39, 0.29) is 5.56 Å². The standard InChI is InChI=1S/C19H17BrN2O2S/c1-10-11(2)25-18-16(10)19(23)22-7-6-12(17(22)21-18)8-13-9-14(20)4-5-15(13)24-3/h4-5,8-9H,6-7H2,1-3H3/b12-8+. The molecule has 6 heteroatoms. The number of methoxy groups -OCH3 is 1. The van der Waals surface area contributed by atoms with Crippen LogP contribution < -0.4 is 10.3 Å². The molecule has 1 aliphatic rings. The van der Waals surface area contributed by atoms with Crippen molar-refractivity contribution in [1.82, 2.24) is 9.55 Å². The van der Waals surface area contributed by atoms with Gasteiger partial charge in [-0.15, -0.1) is 11.3 Å². The minimum absolute atomic E-state index is 0.0754. The molecular weight excluding hydrogens is 400 g/mol. The Labute approximate surface area is 157 Å². The fourth-order valence-corrected chi connectivity index (χ4v) is 4.66. The smallest absolute Gasteiger partial charge is 0.262 e. The number of aryl methyl sites for hydroxylation is 2. The van der Waals surface area contributed by atoms with Crippen LogP contribution >= 0.6 is 27.3 Å². The largest absolute Gasteiger partial charge is 0.496 e. The van der Waals surface area contributed by atoms with Gasteiger partial charge in [-0.1, -0.05) is 15.9 Å². The molecule has 4 nitrogen and oxygen atoms in total. The highest BCUT2D eigenvalue weighted by molar-refractivity contribution is 9.10. The number of thiophene rings is 1. The number of rotatable bonds is 2. The second-order valence-corrected chi connectivity index (χ2v) is 8.28. The van der Waals surface area contributed by atoms with E-state index >= 15 is 0 Å². The number of nitrogens with zero attached hydrogens (tertiary/aromatic N) is 2. The van der Waals surface area contributed by atoms with Gasteiger partial charge in [-0.3, -0.25) is 9.36 Å². The quantitative estimate of drug-likeness (QED) is 0.602. The molecule has 0 saturated carbocycles. The fourth-order valence-electron chi connectivity index (χ4n) is 3.27. The van der Waals surface area contributed by atoms with Crippen LogP contribution in [-0.2, 0) is 6.54 Å². The van der Waals surface area contributed by atoms with Gasteiger partial charge in [0.2, 0.25) is 0 Å². The Bertz CT molecular complexity index is 1090. The normalized spacial score (nSPS) is 15.1. The Morgan fingerprint density at radius 2 is 2.16 bits per heavy atom. The highest BCUT2D eigenvalue weighted by atomic mass is 79.9. The van der Waals surface area contributed by atoms with Crippen LogP contribution in [0.2, 0.25) is 0 Å². The van der Waals surface area contributed by atoms with Crippen LogP contribution in [0.3, 0.4) is 0 Å². The van der Waals surface area contributed by atoms with Gasteiger partial charge >= 0.3 is 0 Å². The maximum absolute atomic E-state index is 12.9. The monoisotopic (exact) mass is 416 g/mol. The molecule has 0 spiro atoms. The summed E-state index contributed by atoms with van der Waals surface area (Å²) in [7, 11) is 1.66. The van der Waals surface area contributed by atoms with E-state index in [0.717, 1.165) is 54.3 Å². The second-order valence-electron chi connectivity index (χ2n) is 6.16. The second kappa shape index (κ2) is 6.11. The molecule has 0 radical (unpaired) electrons. The molecular formula is C19H17BrN2O2S. The van der Waals surface area contributed by atoms with E-state index in [1.165, 1.54) is 0 Å². The Balaban J connectivity index is 1.92. The Morgan fingerprint density at radius 3 is 2.92 bits per heavy atom. The third-order valence-electron chi connectivity index (χ3n) is 4.70. The van der Waals surface area contributed by atoms with Crippen LogP contribution in [0.5, 0.6) is 5.75 Å². The number of benzene rings is 1. The lowest BCUT2D eigenvalue weighted by atomic mass is 10.1. The third kappa shape index (κ3) is 2.64. The van der Waals surface area contributed by atoms with E-state index in [1.54, 1.807) is 23.0 Å². The zero-order chi connectivity index (χ0) is 17.7. The van der Waals surface area contributed by atoms with E-state index in [9.17, 15) is 4.79 Å². The van der Waals surface area contributed by atoms with Gasteiger partial charge in [0.15, 0.2) is 0 Å². The Hall–Kier alpha value is -1.92. The topological polar surface area (TPSA) is 44.1 Å². The predicted octanol–water partition coefficient (Wildman–Crippen LogP) is 4.79. The Kier molecular flexibility index (Phi) is 4.04. The molecule has 2 aromatic heterocycles. The average molecular weight is 417 g/mol. The maximum atomic E-state index is 12.9. The summed E-state index contributed by atoms with van der Waals surface area (Å²) in [5.74, 6) is 1.58. The fraction of sp³-hybridized carbons (Fsp3) is 0.263. The number of allylic oxidation sites excluding steroid dienone is 1. The number of hydrogen-bond donors (Lipinski definition) is 0. The van der Waals surface area contributed by atoms with Crippen molar-refractivity contribution in [2.75, 3.05) is 7.11 Å². The summed E-state index contributed by atoms with van der Waals surface area (Å²) in [5.41, 5.74) is 3.18. The first-order valence-corrected chi connectivity index (χ1v) is 9.65. The summed E-state index contributed by atoms with van der Waals surface area (Å²) in [6.45, 7) is 4.72. The molecule has 0 N–H and O–H groups in total. The van der Waals surface area contributed by atoms with Gasteiger partial charge in [0.05, 0.1) is 12.5 Å². The molecule has 128 valence electrons. The predicted molar refractivity (Wildman–Crippen MR) is 107 cm³/mol. The van der Waals surface area contributed by atoms with Gasteiger partial charge in [0.25, 0.3) is 5.56 Å². The van der Waals surface area contributed by atoms with Gasteiger partial charge in [0.1, 0.15) is 16.4 Å². The van der Waals surface area contributed by atoms with Crippen LogP contribution in [0.1, 0.15) is 28.2 Å². The minimum atomic E-state index is 0.0754. The van der Waals surface area contributed by atoms with Gasteiger partial charge in [0, 0.05) is 21.5 Å². The highest BCUT2D eigenvalue weighted by Crippen LogP contribution is 2.34. The lowest BCUT2D eigenvalue weighted by Gasteiger charge is -2.07. The zero-order valence-electron chi connectivity index (χ0n) is 14.2. The summed E-state index contributed by atoms with van der Waals surface area (Å²) in [5, 5.41) is 0.771. The van der Waals surface area contributed by atoms with Crippen molar-refractivity contribution in [3.63, 3.8) is 0 Å². The lowest BCUT2D eigenvalue weighted by Crippen LogP contribution is -2.20. The molecule has 0 fully saturated rings. The molecule has 3 aromatic rings. The molecule has 0 amide bonds. The molecule has 0 saturated heterocycles. The number of fused-ring (bicyclic) bond motifs is 2. The van der Waals surface area contributed by atoms with Crippen molar-refractivity contribution in [3.05, 3.63) is 54.9 Å². The van der Waals surface area contributed by atoms with Crippen LogP contribution in [0.25, 0.3) is 21.9 Å². The molecule has 4 rings (SSSR count). The summed E-state index contributed by atoms with van der Waals surface area (Å²) >= 11 is 5.10. The summed E-state index contributed by atoms with van der Waals surface area (Å²) in [4.78, 5) is 19.7. The van der Waals surface area contributed by atoms with Crippen molar-refractivity contribution in [1.29, 1.82) is 0 Å². The Morgan fingerprint density at radius 1 is 1.36 bits per heavy atom. The summed E-state index contributed by atoms with van der Waals surface area (Å²) in [6, 6.07) is 5.90. The molecule has 0 aliphatic carbocycles. The SMILES string of the molecule is COc1ccc(Br)cc1/C=C1\CCn2c1nc1sc(C)c(C)c1c2=O. The van der Waals surface area contributed by atoms with E-state index in [0.29, 0.717) is 6.54 Å². The highest BCUT2D eigenvalue weighted by Gasteiger charge is 2.23. The van der Waals surface area contributed by atoms with Crippen molar-refractivity contribution >= 4 is 49.1 Å². The van der Waals surface area contributed by atoms with Crippen molar-refractivity contribution in [3.8, 4) is 5.75 Å². The van der Waals surface area contributed by atoms with E-state index in [2.05, 4.69) is 22.0 Å². The third-order valence-corrected chi connectivity index (χ3v) is 6.30. The molecule has 25 heavy (non-hydrogen) atoms. The average Bonchev–Trinajstić information content (AvgIpc) is 3.10. The minimum Gasteiger partial charge on any atom is -0.496 e. The molecule has 1 aromatic carbocycles. The maximum Gasteiger partial charge on any atom is 0.262 e. The van der Waals surface area contributed by atoms with E-state index < -0.39 is 0 Å². The number of hydrogen-bond acceptors (Lipinski definition) is 4.